The third-order valence-corrected chi connectivity index (χ3v) is 4.86. The number of hydrogen-bond donors (Lipinski definition) is 4. The fourth-order valence-electron chi connectivity index (χ4n) is 2.86. The van der Waals surface area contributed by atoms with Crippen LogP contribution < -0.4 is 10.6 Å². The van der Waals surface area contributed by atoms with Gasteiger partial charge in [-0.3, -0.25) is 4.90 Å². The first-order chi connectivity index (χ1) is 15.0. The van der Waals surface area contributed by atoms with Gasteiger partial charge in [0.1, 0.15) is 0 Å². The van der Waals surface area contributed by atoms with E-state index >= 15 is 0 Å². The Morgan fingerprint density at radius 3 is 2.16 bits per heavy atom. The van der Waals surface area contributed by atoms with Gasteiger partial charge in [0, 0.05) is 50.0 Å². The third-order valence-electron chi connectivity index (χ3n) is 4.60. The van der Waals surface area contributed by atoms with Crippen molar-refractivity contribution in [2.24, 2.45) is 0 Å². The maximum atomic E-state index is 11.9. The number of nitrogens with one attached hydrogen (secondary N) is 2. The Balaban J connectivity index is 0.000000633. The minimum Gasteiger partial charge on any atom is -0.475 e. The predicted octanol–water partition coefficient (Wildman–Crippen LogP) is 2.87. The van der Waals surface area contributed by atoms with Crippen molar-refractivity contribution in [3.8, 4) is 0 Å². The van der Waals surface area contributed by atoms with Crippen LogP contribution in [0.2, 0.25) is 5.02 Å². The summed E-state index contributed by atoms with van der Waals surface area (Å²) in [6, 6.07) is 6.57. The van der Waals surface area contributed by atoms with Gasteiger partial charge in [0.2, 0.25) is 0 Å². The Morgan fingerprint density at radius 1 is 1.12 bits per heavy atom. The Hall–Kier alpha value is -2.08. The van der Waals surface area contributed by atoms with E-state index in [0.29, 0.717) is 17.3 Å². The van der Waals surface area contributed by atoms with Crippen molar-refractivity contribution < 1.29 is 33.0 Å². The normalized spacial score (nSPS) is 15.9. The Morgan fingerprint density at radius 2 is 1.66 bits per heavy atom. The molecular formula is C20H30ClF3N4O4. The molecule has 1 aromatic rings. The second-order valence-electron chi connectivity index (χ2n) is 7.29. The number of aliphatic carboxylic acids is 1. The third kappa shape index (κ3) is 12.1. The van der Waals surface area contributed by atoms with Crippen molar-refractivity contribution in [3.05, 3.63) is 29.3 Å². The van der Waals surface area contributed by atoms with Gasteiger partial charge >= 0.3 is 18.2 Å². The number of carboxylic acid groups (broad SMARTS) is 1. The Bertz CT molecular complexity index is 699. The lowest BCUT2D eigenvalue weighted by Gasteiger charge is -2.35. The molecule has 0 aromatic heterocycles. The Kier molecular flexibility index (Phi) is 12.4. The molecule has 0 radical (unpaired) electrons. The summed E-state index contributed by atoms with van der Waals surface area (Å²) in [7, 11) is 0. The minimum absolute atomic E-state index is 0.232. The highest BCUT2D eigenvalue weighted by atomic mass is 35.5. The van der Waals surface area contributed by atoms with Crippen LogP contribution in [0.15, 0.2) is 24.3 Å². The fourth-order valence-corrected chi connectivity index (χ4v) is 2.98. The number of aliphatic hydroxyl groups excluding tert-OH is 1. The molecule has 32 heavy (non-hydrogen) atoms. The van der Waals surface area contributed by atoms with E-state index in [9.17, 15) is 23.1 Å². The summed E-state index contributed by atoms with van der Waals surface area (Å²) in [5, 5.41) is 23.3. The number of benzene rings is 1. The first-order valence-corrected chi connectivity index (χ1v) is 10.6. The van der Waals surface area contributed by atoms with Crippen molar-refractivity contribution >= 4 is 29.3 Å². The molecule has 1 atom stereocenters. The highest BCUT2D eigenvalue weighted by Gasteiger charge is 2.38. The average Bonchev–Trinajstić information content (AvgIpc) is 2.73. The molecule has 0 bridgehead atoms. The van der Waals surface area contributed by atoms with Crippen LogP contribution in [0.4, 0.5) is 23.7 Å². The number of amides is 2. The van der Waals surface area contributed by atoms with Crippen molar-refractivity contribution in [3.63, 3.8) is 0 Å². The average molecular weight is 483 g/mol. The quantitative estimate of drug-likeness (QED) is 0.454. The van der Waals surface area contributed by atoms with E-state index in [-0.39, 0.29) is 12.6 Å². The zero-order valence-electron chi connectivity index (χ0n) is 17.9. The lowest BCUT2D eigenvalue weighted by molar-refractivity contribution is -0.192. The van der Waals surface area contributed by atoms with Crippen LogP contribution in [0.25, 0.3) is 0 Å². The standard InChI is InChI=1S/C18H29ClN4O2.C2HF3O2/c1-2-3-8-22-9-11-23(12-10-22)14-17(24)13-20-18(25)21-16-6-4-15(19)5-7-16;3-2(4,5)1(6)7/h4-7,17,24H,2-3,8-14H2,1H3,(H2,20,21,25);(H,6,7). The topological polar surface area (TPSA) is 105 Å². The molecule has 2 rings (SSSR count). The van der Waals surface area contributed by atoms with Crippen LogP contribution in [-0.2, 0) is 4.79 Å². The molecule has 12 heteroatoms. The van der Waals surface area contributed by atoms with E-state index in [4.69, 9.17) is 21.5 Å². The second kappa shape index (κ2) is 14.1. The molecule has 1 aliphatic rings. The number of halogens is 4. The monoisotopic (exact) mass is 482 g/mol. The van der Waals surface area contributed by atoms with Crippen LogP contribution >= 0.6 is 11.6 Å². The van der Waals surface area contributed by atoms with Gasteiger partial charge < -0.3 is 25.7 Å². The molecular weight excluding hydrogens is 453 g/mol. The fraction of sp³-hybridized carbons (Fsp3) is 0.600. The van der Waals surface area contributed by atoms with E-state index < -0.39 is 18.2 Å². The summed E-state index contributed by atoms with van der Waals surface area (Å²) in [6.45, 7) is 8.24. The minimum atomic E-state index is -5.08. The number of β-amino-alcohol motifs (C(OH)–C–C–N with tert-alkyl or cyclic N) is 1. The number of piperazine rings is 1. The zero-order valence-corrected chi connectivity index (χ0v) is 18.6. The summed E-state index contributed by atoms with van der Waals surface area (Å²) in [5.74, 6) is -2.76. The molecule has 0 saturated carbocycles. The number of rotatable bonds is 8. The van der Waals surface area contributed by atoms with E-state index in [1.54, 1.807) is 24.3 Å². The number of urea groups is 1. The number of aliphatic hydroxyl groups is 1. The van der Waals surface area contributed by atoms with Crippen LogP contribution in [-0.4, -0.2) is 90.1 Å². The number of carbonyl (C=O) groups is 2. The van der Waals surface area contributed by atoms with Crippen molar-refractivity contribution in [2.75, 3.05) is 51.1 Å². The number of unbranched alkanes of at least 4 members (excludes halogenated alkanes) is 1. The summed E-state index contributed by atoms with van der Waals surface area (Å²) in [6.07, 6.45) is -3.18. The van der Waals surface area contributed by atoms with Crippen LogP contribution in [0, 0.1) is 0 Å². The maximum Gasteiger partial charge on any atom is 0.490 e. The summed E-state index contributed by atoms with van der Waals surface area (Å²) in [4.78, 5) is 25.5. The molecule has 1 heterocycles. The number of alkyl halides is 3. The lowest BCUT2D eigenvalue weighted by atomic mass is 10.2. The van der Waals surface area contributed by atoms with Gasteiger partial charge in [-0.25, -0.2) is 9.59 Å². The zero-order chi connectivity index (χ0) is 24.1. The molecule has 0 aliphatic carbocycles. The number of nitrogens with zero attached hydrogens (tertiary/aromatic N) is 2. The van der Waals surface area contributed by atoms with Gasteiger partial charge in [-0.05, 0) is 37.2 Å². The predicted molar refractivity (Wildman–Crippen MR) is 116 cm³/mol. The lowest BCUT2D eigenvalue weighted by Crippen LogP contribution is -2.50. The van der Waals surface area contributed by atoms with E-state index in [1.165, 1.54) is 19.4 Å². The molecule has 8 nitrogen and oxygen atoms in total. The first kappa shape index (κ1) is 28.0. The maximum absolute atomic E-state index is 11.9. The molecule has 182 valence electrons. The molecule has 1 unspecified atom stereocenters. The number of anilines is 1. The molecule has 1 aliphatic heterocycles. The van der Waals surface area contributed by atoms with Crippen molar-refractivity contribution in [2.45, 2.75) is 32.0 Å². The van der Waals surface area contributed by atoms with Gasteiger partial charge in [-0.15, -0.1) is 0 Å². The van der Waals surface area contributed by atoms with Crippen LogP contribution in [0.1, 0.15) is 19.8 Å². The highest BCUT2D eigenvalue weighted by molar-refractivity contribution is 6.30. The number of carbonyl (C=O) groups excluding carboxylic acids is 1. The summed E-state index contributed by atoms with van der Waals surface area (Å²) in [5.41, 5.74) is 0.666. The van der Waals surface area contributed by atoms with E-state index in [2.05, 4.69) is 27.4 Å². The van der Waals surface area contributed by atoms with Crippen molar-refractivity contribution in [1.29, 1.82) is 0 Å². The smallest absolute Gasteiger partial charge is 0.475 e. The second-order valence-corrected chi connectivity index (χ2v) is 7.73. The highest BCUT2D eigenvalue weighted by Crippen LogP contribution is 2.13. The molecule has 1 saturated heterocycles. The largest absolute Gasteiger partial charge is 0.490 e. The van der Waals surface area contributed by atoms with Gasteiger partial charge in [0.25, 0.3) is 0 Å². The SMILES string of the molecule is CCCCN1CCN(CC(O)CNC(=O)Nc2ccc(Cl)cc2)CC1.O=C(O)C(F)(F)F. The van der Waals surface area contributed by atoms with Crippen LogP contribution in [0.3, 0.4) is 0 Å². The van der Waals surface area contributed by atoms with E-state index in [0.717, 1.165) is 26.2 Å². The summed E-state index contributed by atoms with van der Waals surface area (Å²) >= 11 is 5.81. The summed E-state index contributed by atoms with van der Waals surface area (Å²) < 4.78 is 31.7. The number of hydrogen-bond acceptors (Lipinski definition) is 5. The molecule has 0 spiro atoms. The molecule has 1 fully saturated rings. The van der Waals surface area contributed by atoms with Gasteiger partial charge in [0.05, 0.1) is 6.10 Å². The Labute approximate surface area is 190 Å². The molecule has 1 aromatic carbocycles. The molecule has 4 N–H and O–H groups in total. The first-order valence-electron chi connectivity index (χ1n) is 10.2. The number of carboxylic acids is 1. The van der Waals surface area contributed by atoms with E-state index in [1.807, 2.05) is 0 Å². The molecule has 2 amide bonds. The van der Waals surface area contributed by atoms with Crippen molar-refractivity contribution in [1.82, 2.24) is 15.1 Å². The van der Waals surface area contributed by atoms with Gasteiger partial charge in [0.15, 0.2) is 0 Å². The van der Waals surface area contributed by atoms with Gasteiger partial charge in [-0.1, -0.05) is 24.9 Å². The van der Waals surface area contributed by atoms with Crippen LogP contribution in [0.5, 0.6) is 0 Å². The van der Waals surface area contributed by atoms with Gasteiger partial charge in [-0.2, -0.15) is 13.2 Å².